The second kappa shape index (κ2) is 8.43. The van der Waals surface area contributed by atoms with Gasteiger partial charge in [0.2, 0.25) is 0 Å². The van der Waals surface area contributed by atoms with Gasteiger partial charge in [0.1, 0.15) is 4.88 Å². The molecule has 3 rings (SSSR count). The summed E-state index contributed by atoms with van der Waals surface area (Å²) >= 11 is 1.45. The van der Waals surface area contributed by atoms with Crippen LogP contribution in [-0.2, 0) is 12.0 Å². The third-order valence-corrected chi connectivity index (χ3v) is 6.50. The van der Waals surface area contributed by atoms with E-state index in [-0.39, 0.29) is 17.2 Å². The number of hydrogen-bond acceptors (Lipinski definition) is 4. The molecule has 6 heteroatoms. The molecule has 0 spiro atoms. The molecule has 2 heterocycles. The number of piperidine rings is 1. The van der Waals surface area contributed by atoms with Gasteiger partial charge >= 0.3 is 0 Å². The average molecular weight is 400 g/mol. The fourth-order valence-electron chi connectivity index (χ4n) is 3.28. The number of amides is 2. The zero-order valence-electron chi connectivity index (χ0n) is 17.2. The van der Waals surface area contributed by atoms with Gasteiger partial charge in [-0.1, -0.05) is 32.9 Å². The summed E-state index contributed by atoms with van der Waals surface area (Å²) < 4.78 is 0. The third kappa shape index (κ3) is 4.79. The summed E-state index contributed by atoms with van der Waals surface area (Å²) in [7, 11) is 0. The topological polar surface area (TPSA) is 62.3 Å². The molecular weight excluding hydrogens is 370 g/mol. The number of rotatable bonds is 4. The van der Waals surface area contributed by atoms with Crippen LogP contribution >= 0.6 is 11.3 Å². The molecule has 1 saturated heterocycles. The lowest BCUT2D eigenvalue weighted by atomic mass is 9.98. The lowest BCUT2D eigenvalue weighted by Gasteiger charge is -2.26. The molecule has 0 radical (unpaired) electrons. The molecule has 1 aromatic heterocycles. The largest absolute Gasteiger partial charge is 0.347 e. The Morgan fingerprint density at radius 3 is 2.54 bits per heavy atom. The van der Waals surface area contributed by atoms with E-state index in [0.717, 1.165) is 42.2 Å². The van der Waals surface area contributed by atoms with Gasteiger partial charge in [-0.2, -0.15) is 0 Å². The van der Waals surface area contributed by atoms with Crippen molar-refractivity contribution in [2.75, 3.05) is 13.1 Å². The number of nitrogens with zero attached hydrogens (tertiary/aromatic N) is 2. The highest BCUT2D eigenvalue weighted by molar-refractivity contribution is 7.14. The first kappa shape index (κ1) is 20.5. The summed E-state index contributed by atoms with van der Waals surface area (Å²) in [6, 6.07) is 7.56. The summed E-state index contributed by atoms with van der Waals surface area (Å²) in [4.78, 5) is 32.5. The van der Waals surface area contributed by atoms with E-state index in [4.69, 9.17) is 0 Å². The maximum Gasteiger partial charge on any atom is 0.263 e. The molecule has 1 fully saturated rings. The first-order valence-corrected chi connectivity index (χ1v) is 10.7. The van der Waals surface area contributed by atoms with Gasteiger partial charge in [-0.3, -0.25) is 9.59 Å². The Bertz CT molecular complexity index is 861. The van der Waals surface area contributed by atoms with Crippen LogP contribution in [0, 0.1) is 6.92 Å². The van der Waals surface area contributed by atoms with E-state index >= 15 is 0 Å². The molecule has 5 nitrogen and oxygen atoms in total. The van der Waals surface area contributed by atoms with Gasteiger partial charge in [0, 0.05) is 30.6 Å². The van der Waals surface area contributed by atoms with Gasteiger partial charge in [0.15, 0.2) is 0 Å². The standard InChI is InChI=1S/C22H29N3O2S/c1-15-18(28-21(24-15)22(2,3)4)19(26)23-14-16-9-8-10-17(13-16)20(27)25-11-6-5-7-12-25/h8-10,13H,5-7,11-12,14H2,1-4H3,(H,23,26). The lowest BCUT2D eigenvalue weighted by molar-refractivity contribution is 0.0724. The Labute approximate surface area is 171 Å². The number of aromatic nitrogens is 1. The van der Waals surface area contributed by atoms with Crippen molar-refractivity contribution in [1.29, 1.82) is 0 Å². The van der Waals surface area contributed by atoms with E-state index in [2.05, 4.69) is 31.1 Å². The zero-order valence-corrected chi connectivity index (χ0v) is 18.0. The van der Waals surface area contributed by atoms with Gasteiger partial charge in [-0.15, -0.1) is 11.3 Å². The van der Waals surface area contributed by atoms with Crippen LogP contribution in [0.3, 0.4) is 0 Å². The molecule has 1 aliphatic heterocycles. The summed E-state index contributed by atoms with van der Waals surface area (Å²) in [5.41, 5.74) is 2.31. The lowest BCUT2D eigenvalue weighted by Crippen LogP contribution is -2.35. The first-order valence-electron chi connectivity index (χ1n) is 9.90. The molecule has 150 valence electrons. The quantitative estimate of drug-likeness (QED) is 0.833. The molecule has 1 N–H and O–H groups in total. The number of hydrogen-bond donors (Lipinski definition) is 1. The Morgan fingerprint density at radius 1 is 1.18 bits per heavy atom. The van der Waals surface area contributed by atoms with Crippen LogP contribution in [0.15, 0.2) is 24.3 Å². The van der Waals surface area contributed by atoms with Crippen LogP contribution in [0.4, 0.5) is 0 Å². The molecule has 0 unspecified atom stereocenters. The highest BCUT2D eigenvalue weighted by atomic mass is 32.1. The van der Waals surface area contributed by atoms with Gasteiger partial charge in [0.05, 0.1) is 10.7 Å². The Morgan fingerprint density at radius 2 is 1.89 bits per heavy atom. The van der Waals surface area contributed by atoms with Gasteiger partial charge in [-0.25, -0.2) is 4.98 Å². The van der Waals surface area contributed by atoms with Gasteiger partial charge in [0.25, 0.3) is 11.8 Å². The second-order valence-electron chi connectivity index (χ2n) is 8.42. The van der Waals surface area contributed by atoms with Gasteiger partial charge in [-0.05, 0) is 43.9 Å². The number of benzene rings is 1. The highest BCUT2D eigenvalue weighted by Crippen LogP contribution is 2.29. The molecule has 0 bridgehead atoms. The Balaban J connectivity index is 1.65. The molecular formula is C22H29N3O2S. The summed E-state index contributed by atoms with van der Waals surface area (Å²) in [5, 5.41) is 3.94. The van der Waals surface area contributed by atoms with Crippen molar-refractivity contribution in [3.05, 3.63) is 51.0 Å². The van der Waals surface area contributed by atoms with Crippen molar-refractivity contribution >= 4 is 23.2 Å². The number of aryl methyl sites for hydroxylation is 1. The van der Waals surface area contributed by atoms with Crippen LogP contribution < -0.4 is 5.32 Å². The molecule has 2 amide bonds. The van der Waals surface area contributed by atoms with Crippen molar-refractivity contribution in [1.82, 2.24) is 15.2 Å². The normalized spacial score (nSPS) is 14.8. The second-order valence-corrected chi connectivity index (χ2v) is 9.42. The summed E-state index contributed by atoms with van der Waals surface area (Å²) in [5.74, 6) is -0.0285. The molecule has 1 aliphatic rings. The molecule has 0 saturated carbocycles. The van der Waals surface area contributed by atoms with Crippen molar-refractivity contribution < 1.29 is 9.59 Å². The van der Waals surface area contributed by atoms with E-state index in [1.165, 1.54) is 17.8 Å². The maximum absolute atomic E-state index is 12.7. The number of carbonyl (C=O) groups is 2. The third-order valence-electron chi connectivity index (χ3n) is 4.91. The van der Waals surface area contributed by atoms with Crippen molar-refractivity contribution in [3.63, 3.8) is 0 Å². The van der Waals surface area contributed by atoms with Crippen LogP contribution in [0.25, 0.3) is 0 Å². The van der Waals surface area contributed by atoms with Crippen molar-refractivity contribution in [2.24, 2.45) is 0 Å². The molecule has 28 heavy (non-hydrogen) atoms. The Kier molecular flexibility index (Phi) is 6.18. The number of likely N-dealkylation sites (tertiary alicyclic amines) is 1. The molecule has 2 aromatic rings. The zero-order chi connectivity index (χ0) is 20.3. The predicted octanol–water partition coefficient (Wildman–Crippen LogP) is 4.31. The van der Waals surface area contributed by atoms with Crippen molar-refractivity contribution in [3.8, 4) is 0 Å². The van der Waals surface area contributed by atoms with E-state index < -0.39 is 0 Å². The highest BCUT2D eigenvalue weighted by Gasteiger charge is 2.23. The van der Waals surface area contributed by atoms with Crippen LogP contribution in [0.1, 0.15) is 76.3 Å². The number of thiazole rings is 1. The average Bonchev–Trinajstić information content (AvgIpc) is 3.09. The molecule has 0 atom stereocenters. The van der Waals surface area contributed by atoms with Gasteiger partial charge < -0.3 is 10.2 Å². The van der Waals surface area contributed by atoms with E-state index in [1.54, 1.807) is 0 Å². The molecule has 0 aliphatic carbocycles. The van der Waals surface area contributed by atoms with E-state index in [9.17, 15) is 9.59 Å². The minimum absolute atomic E-state index is 0.0723. The minimum atomic E-state index is -0.113. The SMILES string of the molecule is Cc1nc(C(C)(C)C)sc1C(=O)NCc1cccc(C(=O)N2CCCCC2)c1. The fraction of sp³-hybridized carbons (Fsp3) is 0.500. The van der Waals surface area contributed by atoms with Crippen molar-refractivity contribution in [2.45, 2.75) is 58.9 Å². The molecule has 1 aromatic carbocycles. The summed E-state index contributed by atoms with van der Waals surface area (Å²) in [6.07, 6.45) is 3.35. The number of carbonyl (C=O) groups excluding carboxylic acids is 2. The number of nitrogens with one attached hydrogen (secondary N) is 1. The van der Waals surface area contributed by atoms with Crippen LogP contribution in [0.2, 0.25) is 0 Å². The van der Waals surface area contributed by atoms with Crippen LogP contribution in [0.5, 0.6) is 0 Å². The Hall–Kier alpha value is -2.21. The van der Waals surface area contributed by atoms with E-state index in [0.29, 0.717) is 17.0 Å². The first-order chi connectivity index (χ1) is 13.3. The minimum Gasteiger partial charge on any atom is -0.347 e. The maximum atomic E-state index is 12.7. The smallest absolute Gasteiger partial charge is 0.263 e. The predicted molar refractivity (Wildman–Crippen MR) is 113 cm³/mol. The van der Waals surface area contributed by atoms with E-state index in [1.807, 2.05) is 36.1 Å². The fourth-order valence-corrected chi connectivity index (χ4v) is 4.32. The van der Waals surface area contributed by atoms with Crippen LogP contribution in [-0.4, -0.2) is 34.8 Å². The monoisotopic (exact) mass is 399 g/mol. The summed E-state index contributed by atoms with van der Waals surface area (Å²) in [6.45, 7) is 10.2.